The molecule has 0 spiro atoms. The molecule has 1 aromatic heterocycles. The number of aliphatic imine (C=N–C) groups is 1. The Balaban J connectivity index is 1.64. The molecule has 31 heavy (non-hydrogen) atoms. The van der Waals surface area contributed by atoms with Crippen LogP contribution in [0.1, 0.15) is 12.6 Å². The SMILES string of the molecule is CCN1C(=O)/C(=C/c2cccn2-c2ccc(N(C)C)cc2)SC1=Nc1ccc(F)cc1. The van der Waals surface area contributed by atoms with Gasteiger partial charge in [0.25, 0.3) is 5.91 Å². The van der Waals surface area contributed by atoms with Crippen LogP contribution >= 0.6 is 11.8 Å². The summed E-state index contributed by atoms with van der Waals surface area (Å²) in [5.41, 5.74) is 3.66. The Bertz CT molecular complexity index is 1150. The van der Waals surface area contributed by atoms with Crippen molar-refractivity contribution in [1.82, 2.24) is 9.47 Å². The molecule has 1 aliphatic heterocycles. The van der Waals surface area contributed by atoms with Gasteiger partial charge in [0.1, 0.15) is 5.82 Å². The van der Waals surface area contributed by atoms with E-state index in [1.54, 1.807) is 17.0 Å². The molecule has 7 heteroatoms. The van der Waals surface area contributed by atoms with Gasteiger partial charge in [0.15, 0.2) is 5.17 Å². The Labute approximate surface area is 185 Å². The lowest BCUT2D eigenvalue weighted by Gasteiger charge is -2.14. The molecule has 4 rings (SSSR count). The van der Waals surface area contributed by atoms with E-state index in [2.05, 4.69) is 34.2 Å². The van der Waals surface area contributed by atoms with E-state index >= 15 is 0 Å². The van der Waals surface area contributed by atoms with E-state index in [1.807, 2.05) is 50.0 Å². The molecule has 0 atom stereocenters. The van der Waals surface area contributed by atoms with E-state index in [9.17, 15) is 9.18 Å². The van der Waals surface area contributed by atoms with Gasteiger partial charge in [-0.05, 0) is 85.4 Å². The van der Waals surface area contributed by atoms with Crippen molar-refractivity contribution in [3.8, 4) is 5.69 Å². The zero-order chi connectivity index (χ0) is 22.0. The molecule has 0 unspecified atom stereocenters. The number of anilines is 1. The number of carbonyl (C=O) groups is 1. The minimum absolute atomic E-state index is 0.0796. The van der Waals surface area contributed by atoms with Crippen molar-refractivity contribution < 1.29 is 9.18 Å². The lowest BCUT2D eigenvalue weighted by Crippen LogP contribution is -2.28. The van der Waals surface area contributed by atoms with Crippen LogP contribution in [0.5, 0.6) is 0 Å². The molecule has 0 bridgehead atoms. The van der Waals surface area contributed by atoms with Crippen LogP contribution in [-0.4, -0.2) is 41.2 Å². The molecule has 1 amide bonds. The Kier molecular flexibility index (Phi) is 5.95. The second-order valence-corrected chi connectivity index (χ2v) is 8.25. The Morgan fingerprint density at radius 1 is 1.06 bits per heavy atom. The quantitative estimate of drug-likeness (QED) is 0.511. The van der Waals surface area contributed by atoms with Gasteiger partial charge in [-0.15, -0.1) is 0 Å². The van der Waals surface area contributed by atoms with E-state index in [-0.39, 0.29) is 11.7 Å². The summed E-state index contributed by atoms with van der Waals surface area (Å²) >= 11 is 1.33. The summed E-state index contributed by atoms with van der Waals surface area (Å²) in [6, 6.07) is 18.1. The zero-order valence-electron chi connectivity index (χ0n) is 17.6. The lowest BCUT2D eigenvalue weighted by atomic mass is 10.2. The first-order valence-corrected chi connectivity index (χ1v) is 10.8. The number of likely N-dealkylation sites (N-methyl/N-ethyl adjacent to an activating group) is 1. The third-order valence-corrected chi connectivity index (χ3v) is 5.97. The highest BCUT2D eigenvalue weighted by atomic mass is 32.2. The van der Waals surface area contributed by atoms with E-state index in [0.717, 1.165) is 17.1 Å². The molecule has 5 nitrogen and oxygen atoms in total. The van der Waals surface area contributed by atoms with Crippen molar-refractivity contribution >= 4 is 40.3 Å². The first kappa shape index (κ1) is 20.9. The summed E-state index contributed by atoms with van der Waals surface area (Å²) in [5.74, 6) is -0.393. The molecule has 158 valence electrons. The van der Waals surface area contributed by atoms with Crippen molar-refractivity contribution in [1.29, 1.82) is 0 Å². The number of amides is 1. The van der Waals surface area contributed by atoms with Gasteiger partial charge in [-0.1, -0.05) is 0 Å². The maximum absolute atomic E-state index is 13.2. The summed E-state index contributed by atoms with van der Waals surface area (Å²) in [4.78, 5) is 21.8. The van der Waals surface area contributed by atoms with Crippen LogP contribution in [0.25, 0.3) is 11.8 Å². The number of benzene rings is 2. The smallest absolute Gasteiger partial charge is 0.266 e. The van der Waals surface area contributed by atoms with Gasteiger partial charge in [0.2, 0.25) is 0 Å². The standard InChI is InChI=1S/C24H23FN4OS/c1-4-28-23(30)22(31-24(28)26-18-9-7-17(25)8-10-18)16-21-6-5-15-29(21)20-13-11-19(12-14-20)27(2)3/h5-16H,4H2,1-3H3/b22-16-,26-24?. The molecule has 1 aliphatic rings. The molecule has 3 aromatic rings. The van der Waals surface area contributed by atoms with Crippen molar-refractivity contribution in [3.63, 3.8) is 0 Å². The van der Waals surface area contributed by atoms with Gasteiger partial charge in [0, 0.05) is 43.9 Å². The van der Waals surface area contributed by atoms with Crippen molar-refractivity contribution in [2.75, 3.05) is 25.5 Å². The number of rotatable bonds is 5. The summed E-state index contributed by atoms with van der Waals surface area (Å²) in [6.07, 6.45) is 3.87. The number of nitrogens with zero attached hydrogens (tertiary/aromatic N) is 4. The monoisotopic (exact) mass is 434 g/mol. The van der Waals surface area contributed by atoms with E-state index in [0.29, 0.717) is 22.3 Å². The normalized spacial score (nSPS) is 16.5. The fraction of sp³-hybridized carbons (Fsp3) is 0.167. The maximum Gasteiger partial charge on any atom is 0.266 e. The largest absolute Gasteiger partial charge is 0.378 e. The number of amidine groups is 1. The summed E-state index contributed by atoms with van der Waals surface area (Å²) in [7, 11) is 4.02. The minimum Gasteiger partial charge on any atom is -0.378 e. The molecule has 2 aromatic carbocycles. The van der Waals surface area contributed by atoms with Gasteiger partial charge in [-0.2, -0.15) is 0 Å². The molecule has 0 saturated carbocycles. The summed E-state index contributed by atoms with van der Waals surface area (Å²) < 4.78 is 15.2. The van der Waals surface area contributed by atoms with Gasteiger partial charge in [-0.3, -0.25) is 9.69 Å². The Hall–Kier alpha value is -3.32. The maximum atomic E-state index is 13.2. The number of halogens is 1. The Morgan fingerprint density at radius 2 is 1.77 bits per heavy atom. The summed E-state index contributed by atoms with van der Waals surface area (Å²) in [6.45, 7) is 2.42. The highest BCUT2D eigenvalue weighted by Crippen LogP contribution is 2.34. The average molecular weight is 435 g/mol. The predicted molar refractivity (Wildman–Crippen MR) is 127 cm³/mol. The molecule has 0 N–H and O–H groups in total. The van der Waals surface area contributed by atoms with Crippen LogP contribution in [0.15, 0.2) is 76.8 Å². The number of carbonyl (C=O) groups excluding carboxylic acids is 1. The lowest BCUT2D eigenvalue weighted by molar-refractivity contribution is -0.122. The second-order valence-electron chi connectivity index (χ2n) is 7.24. The first-order valence-electron chi connectivity index (χ1n) is 9.97. The van der Waals surface area contributed by atoms with Crippen LogP contribution in [0.4, 0.5) is 15.8 Å². The third kappa shape index (κ3) is 4.41. The molecule has 0 aliphatic carbocycles. The Morgan fingerprint density at radius 3 is 2.42 bits per heavy atom. The minimum atomic E-state index is -0.314. The molecular weight excluding hydrogens is 411 g/mol. The van der Waals surface area contributed by atoms with Gasteiger partial charge < -0.3 is 9.47 Å². The fourth-order valence-electron chi connectivity index (χ4n) is 3.29. The molecular formula is C24H23FN4OS. The highest BCUT2D eigenvalue weighted by molar-refractivity contribution is 8.18. The van der Waals surface area contributed by atoms with E-state index in [1.165, 1.54) is 23.9 Å². The second kappa shape index (κ2) is 8.81. The van der Waals surface area contributed by atoms with Crippen LogP contribution in [0.3, 0.4) is 0 Å². The number of hydrogen-bond donors (Lipinski definition) is 0. The molecule has 2 heterocycles. The van der Waals surface area contributed by atoms with E-state index < -0.39 is 0 Å². The zero-order valence-corrected chi connectivity index (χ0v) is 18.4. The van der Waals surface area contributed by atoms with Crippen LogP contribution in [0.2, 0.25) is 0 Å². The third-order valence-electron chi connectivity index (χ3n) is 4.96. The van der Waals surface area contributed by atoms with Crippen molar-refractivity contribution in [2.24, 2.45) is 4.99 Å². The van der Waals surface area contributed by atoms with Gasteiger partial charge in [0.05, 0.1) is 10.6 Å². The fourth-order valence-corrected chi connectivity index (χ4v) is 4.34. The van der Waals surface area contributed by atoms with Crippen LogP contribution in [-0.2, 0) is 4.79 Å². The number of aromatic nitrogens is 1. The average Bonchev–Trinajstić information content (AvgIpc) is 3.34. The number of thioether (sulfide) groups is 1. The van der Waals surface area contributed by atoms with Gasteiger partial charge >= 0.3 is 0 Å². The van der Waals surface area contributed by atoms with Crippen LogP contribution in [0, 0.1) is 5.82 Å². The number of hydrogen-bond acceptors (Lipinski definition) is 4. The van der Waals surface area contributed by atoms with Crippen molar-refractivity contribution in [2.45, 2.75) is 6.92 Å². The molecule has 1 saturated heterocycles. The topological polar surface area (TPSA) is 40.8 Å². The molecule has 0 radical (unpaired) electrons. The molecule has 1 fully saturated rings. The predicted octanol–water partition coefficient (Wildman–Crippen LogP) is 5.31. The summed E-state index contributed by atoms with van der Waals surface area (Å²) in [5, 5.41) is 0.596. The highest BCUT2D eigenvalue weighted by Gasteiger charge is 2.32. The van der Waals surface area contributed by atoms with Crippen molar-refractivity contribution in [3.05, 3.63) is 83.3 Å². The van der Waals surface area contributed by atoms with Crippen LogP contribution < -0.4 is 4.90 Å². The van der Waals surface area contributed by atoms with E-state index in [4.69, 9.17) is 0 Å². The first-order chi connectivity index (χ1) is 15.0. The van der Waals surface area contributed by atoms with Gasteiger partial charge in [-0.25, -0.2) is 9.38 Å².